The molecule has 0 rings (SSSR count). The van der Waals surface area contributed by atoms with E-state index in [1.54, 1.807) is 18.2 Å². The topological polar surface area (TPSA) is 203 Å². The van der Waals surface area contributed by atoms with E-state index in [1.807, 2.05) is 18.2 Å². The first-order valence-corrected chi connectivity index (χ1v) is 23.8. The van der Waals surface area contributed by atoms with E-state index in [1.165, 1.54) is 50.3 Å². The van der Waals surface area contributed by atoms with Crippen LogP contribution >= 0.6 is 19.6 Å². The van der Waals surface area contributed by atoms with E-state index in [-0.39, 0.29) is 31.4 Å². The minimum absolute atomic E-state index is 0.00325. The van der Waals surface area contributed by atoms with Crippen LogP contribution in [0.3, 0.4) is 0 Å². The number of carboxylic acids is 1. The average Bonchev–Trinajstić information content (AvgIpc) is 3.18. The van der Waals surface area contributed by atoms with Gasteiger partial charge in [-0.15, -0.1) is 11.8 Å². The van der Waals surface area contributed by atoms with Crippen LogP contribution in [0.1, 0.15) is 142 Å². The molecule has 0 radical (unpaired) electrons. The Kier molecular flexibility index (Phi) is 36.6. The summed E-state index contributed by atoms with van der Waals surface area (Å²) in [5.41, 5.74) is 6.11. The molecule has 0 unspecified atom stereocenters. The second-order valence-corrected chi connectivity index (χ2v) is 16.6. The highest BCUT2D eigenvalue weighted by atomic mass is 32.2. The number of aliphatic hydroxyl groups excluding tert-OH is 1. The van der Waals surface area contributed by atoms with Gasteiger partial charge in [-0.05, 0) is 70.6 Å². The Morgan fingerprint density at radius 1 is 0.707 bits per heavy atom. The second kappa shape index (κ2) is 38.4. The smallest absolute Gasteiger partial charge is 0.469 e. The number of esters is 2. The molecule has 58 heavy (non-hydrogen) atoms. The van der Waals surface area contributed by atoms with Crippen molar-refractivity contribution in [3.05, 3.63) is 72.9 Å². The monoisotopic (exact) mass is 855 g/mol. The van der Waals surface area contributed by atoms with Crippen LogP contribution in [0, 0.1) is 0 Å². The summed E-state index contributed by atoms with van der Waals surface area (Å²) in [4.78, 5) is 54.7. The highest BCUT2D eigenvalue weighted by Crippen LogP contribution is 2.36. The zero-order chi connectivity index (χ0) is 43.1. The summed E-state index contributed by atoms with van der Waals surface area (Å²) in [6, 6.07) is -1.21. The van der Waals surface area contributed by atoms with Gasteiger partial charge in [-0.2, -0.15) is 0 Å². The highest BCUT2D eigenvalue weighted by Gasteiger charge is 2.27. The van der Waals surface area contributed by atoms with E-state index in [0.29, 0.717) is 6.42 Å². The van der Waals surface area contributed by atoms with E-state index in [2.05, 4.69) is 54.8 Å². The predicted octanol–water partition coefficient (Wildman–Crippen LogP) is 9.60. The Bertz CT molecular complexity index is 1290. The SMILES string of the molecule is CCCCC/C=C\C\C=C/C=C/C=C/[C@@H](SC[C@H](N)C(=O)O[C@H](COC(=O)CCCCCCC/C=C\C/C=C\CCCCC)COP(=O)(O)O)[C@@H](O)CCCC(=O)O. The first-order valence-electron chi connectivity index (χ1n) is 21.2. The Balaban J connectivity index is 4.92. The van der Waals surface area contributed by atoms with Gasteiger partial charge in [0.1, 0.15) is 12.6 Å². The summed E-state index contributed by atoms with van der Waals surface area (Å²) in [6.45, 7) is 3.18. The number of aliphatic hydroxyl groups is 1. The van der Waals surface area contributed by atoms with Crippen LogP contribution in [0.5, 0.6) is 0 Å². The lowest BCUT2D eigenvalue weighted by Gasteiger charge is -2.23. The maximum Gasteiger partial charge on any atom is 0.469 e. The molecule has 0 bridgehead atoms. The number of ether oxygens (including phenoxy) is 2. The lowest BCUT2D eigenvalue weighted by molar-refractivity contribution is -0.161. The number of phosphoric acid groups is 1. The highest BCUT2D eigenvalue weighted by molar-refractivity contribution is 8.00. The first-order chi connectivity index (χ1) is 27.9. The fourth-order valence-electron chi connectivity index (χ4n) is 5.36. The molecule has 0 saturated heterocycles. The maximum absolute atomic E-state index is 12.9. The number of unbranched alkanes of at least 4 members (excludes halogenated alkanes) is 11. The molecular weight excluding hydrogens is 782 g/mol. The van der Waals surface area contributed by atoms with Crippen molar-refractivity contribution < 1.29 is 52.9 Å². The molecule has 0 aliphatic heterocycles. The summed E-state index contributed by atoms with van der Waals surface area (Å²) < 4.78 is 26.5. The molecule has 0 saturated carbocycles. The minimum Gasteiger partial charge on any atom is -0.481 e. The largest absolute Gasteiger partial charge is 0.481 e. The number of carbonyl (C=O) groups is 3. The van der Waals surface area contributed by atoms with Crippen molar-refractivity contribution in [2.45, 2.75) is 166 Å². The first kappa shape index (κ1) is 55.2. The summed E-state index contributed by atoms with van der Waals surface area (Å²) in [7, 11) is -4.92. The van der Waals surface area contributed by atoms with Crippen molar-refractivity contribution in [3.63, 3.8) is 0 Å². The van der Waals surface area contributed by atoms with Crippen molar-refractivity contribution in [1.29, 1.82) is 0 Å². The number of hydrogen-bond acceptors (Lipinski definition) is 10. The van der Waals surface area contributed by atoms with Crippen molar-refractivity contribution in [2.24, 2.45) is 5.73 Å². The maximum atomic E-state index is 12.9. The number of aliphatic carboxylic acids is 1. The molecule has 0 aliphatic carbocycles. The third kappa shape index (κ3) is 37.5. The van der Waals surface area contributed by atoms with Gasteiger partial charge in [-0.1, -0.05) is 132 Å². The fraction of sp³-hybridized carbons (Fsp3) is 0.659. The van der Waals surface area contributed by atoms with E-state index in [9.17, 15) is 33.8 Å². The van der Waals surface area contributed by atoms with Gasteiger partial charge in [-0.3, -0.25) is 18.9 Å². The van der Waals surface area contributed by atoms with E-state index < -0.39 is 62.4 Å². The van der Waals surface area contributed by atoms with Crippen LogP contribution in [0.4, 0.5) is 0 Å². The summed E-state index contributed by atoms with van der Waals surface area (Å²) >= 11 is 1.18. The quantitative estimate of drug-likeness (QED) is 0.0129. The average molecular weight is 856 g/mol. The predicted molar refractivity (Wildman–Crippen MR) is 235 cm³/mol. The van der Waals surface area contributed by atoms with Gasteiger partial charge in [0.05, 0.1) is 12.7 Å². The van der Waals surface area contributed by atoms with Crippen LogP contribution in [0.15, 0.2) is 72.9 Å². The van der Waals surface area contributed by atoms with E-state index >= 15 is 0 Å². The van der Waals surface area contributed by atoms with Gasteiger partial charge in [0, 0.05) is 23.8 Å². The lowest BCUT2D eigenvalue weighted by atomic mass is 10.1. The molecule has 12 nitrogen and oxygen atoms in total. The Labute approximate surface area is 352 Å². The minimum atomic E-state index is -4.92. The summed E-state index contributed by atoms with van der Waals surface area (Å²) in [6.07, 6.45) is 39.5. The van der Waals surface area contributed by atoms with Crippen molar-refractivity contribution in [3.8, 4) is 0 Å². The van der Waals surface area contributed by atoms with E-state index in [0.717, 1.165) is 57.8 Å². The van der Waals surface area contributed by atoms with Gasteiger partial charge < -0.3 is 35.2 Å². The Morgan fingerprint density at radius 2 is 1.28 bits per heavy atom. The molecule has 0 aromatic carbocycles. The van der Waals surface area contributed by atoms with Crippen LogP contribution in [-0.4, -0.2) is 80.4 Å². The molecule has 332 valence electrons. The number of hydrogen-bond donors (Lipinski definition) is 5. The van der Waals surface area contributed by atoms with Crippen LogP contribution < -0.4 is 5.73 Å². The van der Waals surface area contributed by atoms with Crippen LogP contribution in [-0.2, 0) is 32.9 Å². The molecule has 0 amide bonds. The van der Waals surface area contributed by atoms with Gasteiger partial charge >= 0.3 is 25.7 Å². The molecule has 0 aromatic heterocycles. The standard InChI is InChI=1S/C44H74NO11PS/c1-3-5-7-9-11-13-15-17-18-19-21-23-25-27-29-34-43(49)54-35-38(36-55-57(51,52)53)56-44(50)39(45)37-58-41(40(46)31-30-33-42(47)48)32-28-26-24-22-20-16-14-12-10-8-6-4-2/h11-14,17-18,20,22,24,26,28,32,38-41,46H,3-10,15-16,19,21,23,25,27,29-31,33-37,45H2,1-2H3,(H,47,48)(H2,51,52,53)/b13-11-,14-12-,18-17-,22-20-,26-24+,32-28+/t38-,39+,40+,41-/m1/s1. The third-order valence-electron chi connectivity index (χ3n) is 8.70. The molecule has 0 heterocycles. The van der Waals surface area contributed by atoms with Gasteiger partial charge in [-0.25, -0.2) is 4.57 Å². The third-order valence-corrected chi connectivity index (χ3v) is 10.6. The molecule has 14 heteroatoms. The fourth-order valence-corrected chi connectivity index (χ4v) is 6.84. The normalized spacial score (nSPS) is 14.7. The van der Waals surface area contributed by atoms with Gasteiger partial charge in [0.25, 0.3) is 0 Å². The zero-order valence-corrected chi connectivity index (χ0v) is 36.8. The molecule has 0 aromatic rings. The number of carboxylic acid groups (broad SMARTS) is 1. The number of rotatable bonds is 38. The number of carbonyl (C=O) groups excluding carboxylic acids is 2. The molecule has 6 N–H and O–H groups in total. The summed E-state index contributed by atoms with van der Waals surface area (Å²) in [5.74, 6) is -2.42. The molecule has 4 atom stereocenters. The lowest BCUT2D eigenvalue weighted by Crippen LogP contribution is -2.40. The van der Waals surface area contributed by atoms with E-state index in [4.69, 9.17) is 20.3 Å². The molecule has 0 aliphatic rings. The van der Waals surface area contributed by atoms with Gasteiger partial charge in [0.15, 0.2) is 6.10 Å². The van der Waals surface area contributed by atoms with Crippen molar-refractivity contribution in [1.82, 2.24) is 0 Å². The zero-order valence-electron chi connectivity index (χ0n) is 35.1. The van der Waals surface area contributed by atoms with Gasteiger partial charge in [0.2, 0.25) is 0 Å². The molecule has 0 spiro atoms. The Hall–Kier alpha value is -2.77. The Morgan fingerprint density at radius 3 is 1.88 bits per heavy atom. The second-order valence-electron chi connectivity index (χ2n) is 14.2. The summed E-state index contributed by atoms with van der Waals surface area (Å²) in [5, 5.41) is 19.3. The number of nitrogens with two attached hydrogens (primary N) is 1. The number of allylic oxidation sites excluding steroid dienone is 11. The number of phosphoric ester groups is 1. The van der Waals surface area contributed by atoms with Crippen molar-refractivity contribution in [2.75, 3.05) is 19.0 Å². The number of thioether (sulfide) groups is 1. The van der Waals surface area contributed by atoms with Crippen LogP contribution in [0.2, 0.25) is 0 Å². The van der Waals surface area contributed by atoms with Crippen molar-refractivity contribution >= 4 is 37.5 Å². The van der Waals surface area contributed by atoms with Crippen LogP contribution in [0.25, 0.3) is 0 Å². The molecule has 0 fully saturated rings. The molecular formula is C44H74NO11PS.